The summed E-state index contributed by atoms with van der Waals surface area (Å²) in [4.78, 5) is 39.7. The maximum absolute atomic E-state index is 11.4. The van der Waals surface area contributed by atoms with Crippen molar-refractivity contribution in [2.24, 2.45) is 14.1 Å². The first-order valence-electron chi connectivity index (χ1n) is 6.72. The first-order chi connectivity index (χ1) is 11.6. The van der Waals surface area contributed by atoms with E-state index < -0.39 is 23.2 Å². The summed E-state index contributed by atoms with van der Waals surface area (Å²) in [6, 6.07) is 1.69. The number of imidazole rings is 1. The van der Waals surface area contributed by atoms with Gasteiger partial charge in [-0.1, -0.05) is 0 Å². The Hall–Kier alpha value is -3.76. The van der Waals surface area contributed by atoms with Gasteiger partial charge < -0.3 is 25.4 Å². The van der Waals surface area contributed by atoms with Gasteiger partial charge in [-0.2, -0.15) is 0 Å². The van der Waals surface area contributed by atoms with Crippen LogP contribution in [0.3, 0.4) is 0 Å². The van der Waals surface area contributed by atoms with E-state index >= 15 is 0 Å². The Labute approximate surface area is 138 Å². The zero-order valence-corrected chi connectivity index (χ0v) is 13.1. The minimum Gasteiger partial charge on any atom is -0.504 e. The van der Waals surface area contributed by atoms with E-state index in [9.17, 15) is 14.4 Å². The summed E-state index contributed by atoms with van der Waals surface area (Å²) < 4.78 is 2.37. The molecule has 0 radical (unpaired) electrons. The lowest BCUT2D eigenvalue weighted by molar-refractivity contribution is 0.0696. The fourth-order valence-corrected chi connectivity index (χ4v) is 2.00. The van der Waals surface area contributed by atoms with Gasteiger partial charge in [-0.05, 0) is 12.1 Å². The van der Waals surface area contributed by atoms with Crippen molar-refractivity contribution >= 4 is 17.1 Å². The van der Waals surface area contributed by atoms with E-state index in [4.69, 9.17) is 20.4 Å². The number of aryl methyl sites for hydroxylation is 1. The molecule has 2 heterocycles. The summed E-state index contributed by atoms with van der Waals surface area (Å²) in [5.74, 6) is -3.33. The molecule has 0 aliphatic rings. The highest BCUT2D eigenvalue weighted by Gasteiger charge is 2.11. The third kappa shape index (κ3) is 3.15. The van der Waals surface area contributed by atoms with Gasteiger partial charge in [-0.25, -0.2) is 14.6 Å². The Balaban J connectivity index is 0.000000181. The maximum atomic E-state index is 11.4. The van der Waals surface area contributed by atoms with Gasteiger partial charge in [-0.3, -0.25) is 13.9 Å². The van der Waals surface area contributed by atoms with E-state index in [0.29, 0.717) is 11.2 Å². The number of carboxylic acids is 1. The van der Waals surface area contributed by atoms with Crippen molar-refractivity contribution in [3.8, 4) is 17.2 Å². The molecule has 11 heteroatoms. The Morgan fingerprint density at radius 1 is 1.08 bits per heavy atom. The fraction of sp³-hybridized carbons (Fsp3) is 0.143. The molecule has 0 fully saturated rings. The van der Waals surface area contributed by atoms with E-state index in [2.05, 4.69) is 9.97 Å². The molecule has 0 saturated carbocycles. The molecule has 0 spiro atoms. The predicted molar refractivity (Wildman–Crippen MR) is 85.0 cm³/mol. The number of nitrogens with one attached hydrogen (secondary N) is 1. The van der Waals surface area contributed by atoms with Gasteiger partial charge in [0.15, 0.2) is 22.9 Å². The zero-order valence-electron chi connectivity index (χ0n) is 13.1. The van der Waals surface area contributed by atoms with Crippen LogP contribution in [0.2, 0.25) is 0 Å². The Morgan fingerprint density at radius 3 is 2.16 bits per heavy atom. The number of phenolic OH excluding ortho intramolecular Hbond substituents is 3. The number of aromatic amines is 1. The van der Waals surface area contributed by atoms with Crippen molar-refractivity contribution in [2.75, 3.05) is 0 Å². The number of aromatic nitrogens is 4. The highest BCUT2D eigenvalue weighted by molar-refractivity contribution is 5.89. The normalized spacial score (nSPS) is 10.3. The van der Waals surface area contributed by atoms with Crippen molar-refractivity contribution < 1.29 is 25.2 Å². The van der Waals surface area contributed by atoms with Crippen molar-refractivity contribution in [3.05, 3.63) is 44.9 Å². The number of nitrogens with zero attached hydrogens (tertiary/aromatic N) is 3. The molecule has 3 rings (SSSR count). The molecule has 3 aromatic rings. The van der Waals surface area contributed by atoms with Crippen LogP contribution in [-0.4, -0.2) is 45.5 Å². The standard InChI is InChI=1S/C7H8N4O2.C7H6O5/c1-10-5-4(8-3-9-5)6(12)11(2)7(10)13;8-4-1-3(7(11)12)2-5(9)6(4)10/h3H,1-2H3,(H,8,9);1-2,8-10H,(H,11,12). The number of phenols is 3. The minimum atomic E-state index is -1.29. The molecule has 0 bridgehead atoms. The van der Waals surface area contributed by atoms with Crippen molar-refractivity contribution in [2.45, 2.75) is 0 Å². The largest absolute Gasteiger partial charge is 0.504 e. The molecule has 11 nitrogen and oxygen atoms in total. The highest BCUT2D eigenvalue weighted by atomic mass is 16.4. The number of carbonyl (C=O) groups is 1. The van der Waals surface area contributed by atoms with Crippen molar-refractivity contribution in [1.29, 1.82) is 0 Å². The number of benzene rings is 1. The molecule has 132 valence electrons. The number of fused-ring (bicyclic) bond motifs is 1. The second-order valence-corrected chi connectivity index (χ2v) is 4.98. The highest BCUT2D eigenvalue weighted by Crippen LogP contribution is 2.35. The number of aromatic hydroxyl groups is 3. The molecule has 2 aromatic heterocycles. The summed E-state index contributed by atoms with van der Waals surface area (Å²) in [6.45, 7) is 0. The van der Waals surface area contributed by atoms with Crippen LogP contribution in [-0.2, 0) is 14.1 Å². The first-order valence-corrected chi connectivity index (χ1v) is 6.72. The molecule has 25 heavy (non-hydrogen) atoms. The van der Waals surface area contributed by atoms with Crippen LogP contribution in [0, 0.1) is 0 Å². The third-order valence-electron chi connectivity index (χ3n) is 3.35. The summed E-state index contributed by atoms with van der Waals surface area (Å²) >= 11 is 0. The van der Waals surface area contributed by atoms with Crippen LogP contribution in [0.15, 0.2) is 28.0 Å². The minimum absolute atomic E-state index is 0.289. The van der Waals surface area contributed by atoms with Crippen LogP contribution in [0.1, 0.15) is 10.4 Å². The number of hydrogen-bond donors (Lipinski definition) is 5. The average molecular weight is 350 g/mol. The number of H-pyrrole nitrogens is 1. The Kier molecular flexibility index (Phi) is 4.50. The van der Waals surface area contributed by atoms with Crippen LogP contribution in [0.25, 0.3) is 11.2 Å². The summed E-state index contributed by atoms with van der Waals surface area (Å²) in [6.07, 6.45) is 1.39. The molecule has 0 aliphatic carbocycles. The lowest BCUT2D eigenvalue weighted by Crippen LogP contribution is -2.36. The number of rotatable bonds is 1. The van der Waals surface area contributed by atoms with E-state index in [1.807, 2.05) is 0 Å². The summed E-state index contributed by atoms with van der Waals surface area (Å²) in [5.41, 5.74) is -0.277. The summed E-state index contributed by atoms with van der Waals surface area (Å²) in [7, 11) is 3.01. The van der Waals surface area contributed by atoms with Crippen LogP contribution in [0.4, 0.5) is 0 Å². The summed E-state index contributed by atoms with van der Waals surface area (Å²) in [5, 5.41) is 35.0. The lowest BCUT2D eigenvalue weighted by Gasteiger charge is -2.01. The molecule has 5 N–H and O–H groups in total. The van der Waals surface area contributed by atoms with Gasteiger partial charge in [0.25, 0.3) is 5.56 Å². The van der Waals surface area contributed by atoms with E-state index in [0.717, 1.165) is 16.7 Å². The van der Waals surface area contributed by atoms with Crippen molar-refractivity contribution in [3.63, 3.8) is 0 Å². The predicted octanol–water partition coefficient (Wildman–Crippen LogP) is -0.538. The van der Waals surface area contributed by atoms with E-state index in [1.165, 1.54) is 17.9 Å². The van der Waals surface area contributed by atoms with Gasteiger partial charge in [0.1, 0.15) is 5.52 Å². The quantitative estimate of drug-likeness (QED) is 0.364. The van der Waals surface area contributed by atoms with Gasteiger partial charge in [-0.15, -0.1) is 0 Å². The smallest absolute Gasteiger partial charge is 0.335 e. The molecule has 0 saturated heterocycles. The third-order valence-corrected chi connectivity index (χ3v) is 3.35. The zero-order chi connectivity index (χ0) is 18.9. The topological polar surface area (TPSA) is 171 Å². The van der Waals surface area contributed by atoms with Gasteiger partial charge in [0.05, 0.1) is 11.9 Å². The van der Waals surface area contributed by atoms with Gasteiger partial charge >= 0.3 is 11.7 Å². The van der Waals surface area contributed by atoms with E-state index in [1.54, 1.807) is 7.05 Å². The molecule has 1 aromatic carbocycles. The average Bonchev–Trinajstić information content (AvgIpc) is 3.06. The molecule has 0 atom stereocenters. The monoisotopic (exact) mass is 350 g/mol. The second-order valence-electron chi connectivity index (χ2n) is 4.98. The number of aromatic carboxylic acids is 1. The maximum Gasteiger partial charge on any atom is 0.335 e. The molecule has 0 unspecified atom stereocenters. The molecular formula is C14H14N4O7. The second kappa shape index (κ2) is 6.39. The Morgan fingerprint density at radius 2 is 1.64 bits per heavy atom. The molecule has 0 aliphatic heterocycles. The fourth-order valence-electron chi connectivity index (χ4n) is 2.00. The number of carboxylic acid groups (broad SMARTS) is 1. The van der Waals surface area contributed by atoms with Crippen LogP contribution < -0.4 is 11.2 Å². The first kappa shape index (κ1) is 17.6. The van der Waals surface area contributed by atoms with Crippen LogP contribution in [0.5, 0.6) is 17.2 Å². The molecular weight excluding hydrogens is 336 g/mol. The SMILES string of the molecule is Cn1c(=O)c2[nH]cnc2n(C)c1=O.O=C(O)c1cc(O)c(O)c(O)c1. The lowest BCUT2D eigenvalue weighted by atomic mass is 10.2. The van der Waals surface area contributed by atoms with Gasteiger partial charge in [0.2, 0.25) is 0 Å². The van der Waals surface area contributed by atoms with Crippen molar-refractivity contribution in [1.82, 2.24) is 19.1 Å². The van der Waals surface area contributed by atoms with Gasteiger partial charge in [0, 0.05) is 14.1 Å². The Bertz CT molecular complexity index is 1050. The molecule has 0 amide bonds. The van der Waals surface area contributed by atoms with E-state index in [-0.39, 0.29) is 16.8 Å². The van der Waals surface area contributed by atoms with Crippen LogP contribution >= 0.6 is 0 Å². The number of hydrogen-bond acceptors (Lipinski definition) is 7.